The van der Waals surface area contributed by atoms with Gasteiger partial charge in [0.05, 0.1) is 10.5 Å². The summed E-state index contributed by atoms with van der Waals surface area (Å²) in [5, 5.41) is 0. The molecule has 0 radical (unpaired) electrons. The molecule has 1 aliphatic heterocycles. The Labute approximate surface area is 194 Å². The van der Waals surface area contributed by atoms with E-state index in [0.717, 1.165) is 48.4 Å². The lowest BCUT2D eigenvalue weighted by atomic mass is 9.72. The topological polar surface area (TPSA) is 68.5 Å². The molecule has 1 saturated heterocycles. The first-order valence-corrected chi connectivity index (χ1v) is 12.7. The average Bonchev–Trinajstić information content (AvgIpc) is 3.35. The van der Waals surface area contributed by atoms with E-state index in [-0.39, 0.29) is 16.2 Å². The van der Waals surface area contributed by atoms with Crippen molar-refractivity contribution in [3.63, 3.8) is 0 Å². The van der Waals surface area contributed by atoms with Crippen molar-refractivity contribution in [1.29, 1.82) is 0 Å². The summed E-state index contributed by atoms with van der Waals surface area (Å²) in [6.45, 7) is 7.75. The van der Waals surface area contributed by atoms with Crippen LogP contribution in [0, 0.1) is 5.41 Å². The predicted octanol–water partition coefficient (Wildman–Crippen LogP) is 3.91. The van der Waals surface area contributed by atoms with Gasteiger partial charge >= 0.3 is 0 Å². The van der Waals surface area contributed by atoms with E-state index in [1.54, 1.807) is 6.20 Å². The summed E-state index contributed by atoms with van der Waals surface area (Å²) in [5.41, 5.74) is 3.80. The Morgan fingerprint density at radius 2 is 1.90 bits per heavy atom. The number of hydrogen-bond acceptors (Lipinski definition) is 5. The van der Waals surface area contributed by atoms with E-state index in [0.29, 0.717) is 0 Å². The predicted molar refractivity (Wildman–Crippen MR) is 129 cm³/mol. The van der Waals surface area contributed by atoms with Crippen LogP contribution in [0.2, 0.25) is 0 Å². The largest absolute Gasteiger partial charge is 0.598 e. The van der Waals surface area contributed by atoms with E-state index in [9.17, 15) is 4.55 Å². The van der Waals surface area contributed by atoms with E-state index in [4.69, 9.17) is 4.98 Å². The van der Waals surface area contributed by atoms with Gasteiger partial charge < -0.3 is 9.45 Å². The molecule has 2 atom stereocenters. The van der Waals surface area contributed by atoms with Gasteiger partial charge in [-0.2, -0.15) is 0 Å². The van der Waals surface area contributed by atoms with Crippen LogP contribution in [-0.2, 0) is 24.2 Å². The number of piperidine rings is 1. The third kappa shape index (κ3) is 3.77. The van der Waals surface area contributed by atoms with Crippen LogP contribution in [-0.4, -0.2) is 42.8 Å². The minimum absolute atomic E-state index is 0.0739. The molecule has 0 saturated carbocycles. The van der Waals surface area contributed by atoms with Crippen LogP contribution in [0.15, 0.2) is 47.3 Å². The quantitative estimate of drug-likeness (QED) is 0.551. The molecular formula is C23H28BrN5OS. The van der Waals surface area contributed by atoms with Crippen LogP contribution in [0.4, 0.5) is 5.95 Å². The summed E-state index contributed by atoms with van der Waals surface area (Å²) in [7, 11) is 0. The van der Waals surface area contributed by atoms with E-state index in [1.165, 1.54) is 11.1 Å². The van der Waals surface area contributed by atoms with Gasteiger partial charge in [0.2, 0.25) is 5.95 Å². The molecule has 1 N–H and O–H groups in total. The molecule has 31 heavy (non-hydrogen) atoms. The summed E-state index contributed by atoms with van der Waals surface area (Å²) < 4.78 is 19.3. The highest BCUT2D eigenvalue weighted by Gasteiger charge is 2.49. The first kappa shape index (κ1) is 21.2. The Hall–Kier alpha value is -1.61. The monoisotopic (exact) mass is 501 g/mol. The van der Waals surface area contributed by atoms with Crippen LogP contribution in [0.5, 0.6) is 0 Å². The highest BCUT2D eigenvalue weighted by atomic mass is 79.9. The van der Waals surface area contributed by atoms with Gasteiger partial charge in [0, 0.05) is 48.5 Å². The van der Waals surface area contributed by atoms with Gasteiger partial charge in [0.1, 0.15) is 4.75 Å². The van der Waals surface area contributed by atoms with Gasteiger partial charge in [-0.05, 0) is 67.1 Å². The number of fused-ring (bicyclic) bond motifs is 2. The molecule has 1 spiro atoms. The van der Waals surface area contributed by atoms with Crippen LogP contribution >= 0.6 is 15.9 Å². The van der Waals surface area contributed by atoms with E-state index in [1.807, 2.05) is 37.6 Å². The van der Waals surface area contributed by atoms with Crippen molar-refractivity contribution in [3.05, 3.63) is 58.5 Å². The third-order valence-electron chi connectivity index (χ3n) is 6.68. The van der Waals surface area contributed by atoms with Gasteiger partial charge in [-0.3, -0.25) is 4.40 Å². The Bertz CT molecular complexity index is 1090. The second-order valence-electron chi connectivity index (χ2n) is 9.76. The zero-order valence-electron chi connectivity index (χ0n) is 18.1. The molecule has 1 aromatic carbocycles. The zero-order chi connectivity index (χ0) is 21.8. The Morgan fingerprint density at radius 1 is 1.19 bits per heavy atom. The number of hydrogen-bond donors (Lipinski definition) is 1. The van der Waals surface area contributed by atoms with E-state index >= 15 is 0 Å². The molecule has 8 heteroatoms. The average molecular weight is 502 g/mol. The molecule has 1 unspecified atom stereocenters. The zero-order valence-corrected chi connectivity index (χ0v) is 20.5. The second-order valence-corrected chi connectivity index (χ2v) is 12.6. The Morgan fingerprint density at radius 3 is 2.58 bits per heavy atom. The second kappa shape index (κ2) is 7.76. The number of imidazole rings is 1. The molecule has 3 heterocycles. The lowest BCUT2D eigenvalue weighted by molar-refractivity contribution is 0.179. The van der Waals surface area contributed by atoms with E-state index < -0.39 is 11.4 Å². The molecular weight excluding hydrogens is 474 g/mol. The fraction of sp³-hybridized carbons (Fsp3) is 0.478. The van der Waals surface area contributed by atoms with Crippen molar-refractivity contribution in [2.75, 3.05) is 18.0 Å². The summed E-state index contributed by atoms with van der Waals surface area (Å²) in [6, 6.07) is 8.85. The van der Waals surface area contributed by atoms with Crippen LogP contribution in [0.3, 0.4) is 0 Å². The Kier molecular flexibility index (Phi) is 5.32. The first-order valence-electron chi connectivity index (χ1n) is 10.7. The van der Waals surface area contributed by atoms with Gasteiger partial charge in [-0.25, -0.2) is 9.97 Å². The first-order chi connectivity index (χ1) is 14.8. The fourth-order valence-corrected chi connectivity index (χ4v) is 6.28. The standard InChI is InChI=1S/C23H28BrN5OS/c1-22(2,3)31(30)27-19-15-28(21-26-14-18(24)20-25-9-11-29(20)21)10-8-23(19)12-16-6-4-5-7-17(16)13-23/h4-7,9,11,14,19,27H,8,10,12-13,15H2,1-3H3/t19?,31-/m1/s1. The number of halogens is 1. The molecule has 6 nitrogen and oxygen atoms in total. The smallest absolute Gasteiger partial charge is 0.211 e. The molecule has 1 fully saturated rings. The van der Waals surface area contributed by atoms with Crippen LogP contribution < -0.4 is 9.62 Å². The molecule has 0 amide bonds. The van der Waals surface area contributed by atoms with Gasteiger partial charge in [0.25, 0.3) is 0 Å². The molecule has 5 rings (SSSR count). The number of rotatable bonds is 3. The third-order valence-corrected chi connectivity index (χ3v) is 8.85. The van der Waals surface area contributed by atoms with Gasteiger partial charge in [-0.15, -0.1) is 4.72 Å². The number of anilines is 1. The summed E-state index contributed by atoms with van der Waals surface area (Å²) in [6.07, 6.45) is 8.66. The van der Waals surface area contributed by atoms with Crippen molar-refractivity contribution in [1.82, 2.24) is 19.1 Å². The summed E-state index contributed by atoms with van der Waals surface area (Å²) in [5.74, 6) is 0.884. The number of nitrogens with zero attached hydrogens (tertiary/aromatic N) is 4. The summed E-state index contributed by atoms with van der Waals surface area (Å²) >= 11 is 2.41. The minimum atomic E-state index is -1.14. The van der Waals surface area contributed by atoms with Gasteiger partial charge in [-0.1, -0.05) is 24.3 Å². The minimum Gasteiger partial charge on any atom is -0.598 e. The van der Waals surface area contributed by atoms with Crippen molar-refractivity contribution < 1.29 is 4.55 Å². The maximum Gasteiger partial charge on any atom is 0.211 e. The lowest BCUT2D eigenvalue weighted by Gasteiger charge is -2.46. The number of benzene rings is 1. The molecule has 0 bridgehead atoms. The van der Waals surface area contributed by atoms with Crippen LogP contribution in [0.1, 0.15) is 38.3 Å². The molecule has 1 aliphatic carbocycles. The van der Waals surface area contributed by atoms with Crippen molar-refractivity contribution in [3.8, 4) is 0 Å². The maximum absolute atomic E-state index is 13.1. The molecule has 2 aromatic heterocycles. The SMILES string of the molecule is CC(C)(C)[S@@+]([O-])NC1CN(c2ncc(Br)c3nccn23)CCC12Cc1ccccc1C2. The molecule has 164 valence electrons. The highest BCUT2D eigenvalue weighted by molar-refractivity contribution is 9.10. The van der Waals surface area contributed by atoms with Crippen molar-refractivity contribution >= 4 is 38.9 Å². The maximum atomic E-state index is 13.1. The Balaban J connectivity index is 1.48. The normalized spacial score (nSPS) is 21.6. The molecule has 3 aromatic rings. The number of aromatic nitrogens is 3. The number of nitrogens with one attached hydrogen (secondary N) is 1. The van der Waals surface area contributed by atoms with E-state index in [2.05, 4.69) is 54.8 Å². The highest BCUT2D eigenvalue weighted by Crippen LogP contribution is 2.45. The fourth-order valence-electron chi connectivity index (χ4n) is 4.94. The van der Waals surface area contributed by atoms with Gasteiger partial charge in [0.15, 0.2) is 5.65 Å². The molecule has 2 aliphatic rings. The van der Waals surface area contributed by atoms with Crippen molar-refractivity contribution in [2.24, 2.45) is 5.41 Å². The lowest BCUT2D eigenvalue weighted by Crippen LogP contribution is -2.61. The summed E-state index contributed by atoms with van der Waals surface area (Å²) in [4.78, 5) is 11.5. The van der Waals surface area contributed by atoms with Crippen molar-refractivity contribution in [2.45, 2.75) is 50.8 Å². The van der Waals surface area contributed by atoms with Crippen LogP contribution in [0.25, 0.3) is 5.65 Å².